The largest absolute Gasteiger partial charge is 0.463 e. The van der Waals surface area contributed by atoms with E-state index in [1.165, 1.54) is 6.92 Å². The Morgan fingerprint density at radius 2 is 1.87 bits per heavy atom. The van der Waals surface area contributed by atoms with E-state index < -0.39 is 0 Å². The fraction of sp³-hybridized carbons (Fsp3) is 0.909. The summed E-state index contributed by atoms with van der Waals surface area (Å²) in [6, 6.07) is 0. The molecule has 3 nitrogen and oxygen atoms in total. The number of hydrogen-bond acceptors (Lipinski definition) is 3. The first-order chi connectivity index (χ1) is 6.93. The number of carbonyl (C=O) groups is 1. The first kappa shape index (κ1) is 13.0. The molecule has 0 radical (unpaired) electrons. The molecule has 0 aromatic carbocycles. The summed E-state index contributed by atoms with van der Waals surface area (Å²) in [5.74, 6) is 1.20. The molecule has 1 rings (SSSR count). The lowest BCUT2D eigenvalue weighted by molar-refractivity contribution is -0.155. The van der Waals surface area contributed by atoms with Crippen molar-refractivity contribution in [1.29, 1.82) is 0 Å². The lowest BCUT2D eigenvalue weighted by atomic mass is 9.80. The maximum absolute atomic E-state index is 10.7. The fourth-order valence-corrected chi connectivity index (χ4v) is 2.62. The molecular weight excluding hydrogens is 260 g/mol. The summed E-state index contributed by atoms with van der Waals surface area (Å²) in [4.78, 5) is 10.7. The summed E-state index contributed by atoms with van der Waals surface area (Å²) in [5, 5.41) is 0.0595. The van der Waals surface area contributed by atoms with Crippen LogP contribution in [0.2, 0.25) is 0 Å². The molecule has 1 heterocycles. The molecule has 0 bridgehead atoms. The highest BCUT2D eigenvalue weighted by Crippen LogP contribution is 2.37. The van der Waals surface area contributed by atoms with Gasteiger partial charge < -0.3 is 9.47 Å². The van der Waals surface area contributed by atoms with Crippen LogP contribution in [0.4, 0.5) is 0 Å². The molecule has 0 amide bonds. The van der Waals surface area contributed by atoms with E-state index in [-0.39, 0.29) is 17.1 Å². The monoisotopic (exact) mass is 278 g/mol. The van der Waals surface area contributed by atoms with E-state index in [0.717, 1.165) is 0 Å². The van der Waals surface area contributed by atoms with Gasteiger partial charge in [0.2, 0.25) is 0 Å². The third-order valence-electron chi connectivity index (χ3n) is 3.41. The predicted octanol–water partition coefficient (Wildman–Crippen LogP) is 2.58. The Bertz CT molecular complexity index is 232. The van der Waals surface area contributed by atoms with Crippen LogP contribution < -0.4 is 0 Å². The van der Waals surface area contributed by atoms with Gasteiger partial charge in [-0.25, -0.2) is 0 Å². The first-order valence-corrected chi connectivity index (χ1v) is 6.28. The summed E-state index contributed by atoms with van der Waals surface area (Å²) < 4.78 is 10.8. The maximum Gasteiger partial charge on any atom is 0.302 e. The highest BCUT2D eigenvalue weighted by molar-refractivity contribution is 9.09. The maximum atomic E-state index is 10.7. The average Bonchev–Trinajstić information content (AvgIpc) is 2.18. The van der Waals surface area contributed by atoms with E-state index in [2.05, 4.69) is 36.7 Å². The van der Waals surface area contributed by atoms with Gasteiger partial charge in [0.25, 0.3) is 0 Å². The molecule has 88 valence electrons. The van der Waals surface area contributed by atoms with Crippen LogP contribution in [-0.4, -0.2) is 23.7 Å². The van der Waals surface area contributed by atoms with Gasteiger partial charge in [-0.15, -0.1) is 0 Å². The van der Waals surface area contributed by atoms with E-state index in [1.807, 2.05) is 0 Å². The Labute approximate surface area is 99.6 Å². The lowest BCUT2D eigenvalue weighted by Gasteiger charge is -2.41. The highest BCUT2D eigenvalue weighted by Gasteiger charge is 2.38. The number of alkyl halides is 1. The highest BCUT2D eigenvalue weighted by atomic mass is 79.9. The molecule has 0 aromatic heterocycles. The SMILES string of the molecule is CC(=O)OCC1O[C@H](Br)C(C)[C@@H](C)[C@@H]1C. The van der Waals surface area contributed by atoms with Crippen molar-refractivity contribution in [2.75, 3.05) is 6.61 Å². The standard InChI is InChI=1S/C11H19BrO3/c1-6-7(2)10(5-14-9(4)13)15-11(12)8(6)3/h6-8,10-11H,5H2,1-4H3/t6-,7-,8?,10?,11-/m0/s1. The van der Waals surface area contributed by atoms with Crippen molar-refractivity contribution >= 4 is 21.9 Å². The van der Waals surface area contributed by atoms with E-state index in [0.29, 0.717) is 24.4 Å². The van der Waals surface area contributed by atoms with Crippen LogP contribution in [0.1, 0.15) is 27.7 Å². The van der Waals surface area contributed by atoms with Gasteiger partial charge >= 0.3 is 5.97 Å². The van der Waals surface area contributed by atoms with Gasteiger partial charge in [-0.2, -0.15) is 0 Å². The summed E-state index contributed by atoms with van der Waals surface area (Å²) in [6.07, 6.45) is 0.00414. The molecule has 1 saturated heterocycles. The van der Waals surface area contributed by atoms with E-state index >= 15 is 0 Å². The second-order valence-corrected chi connectivity index (χ2v) is 5.31. The second kappa shape index (κ2) is 5.30. The quantitative estimate of drug-likeness (QED) is 0.575. The van der Waals surface area contributed by atoms with Gasteiger partial charge in [0.15, 0.2) is 0 Å². The van der Waals surface area contributed by atoms with Crippen LogP contribution in [0.5, 0.6) is 0 Å². The van der Waals surface area contributed by atoms with Crippen LogP contribution in [0.15, 0.2) is 0 Å². The third kappa shape index (κ3) is 3.18. The molecule has 0 aromatic rings. The van der Waals surface area contributed by atoms with Crippen molar-refractivity contribution in [2.24, 2.45) is 17.8 Å². The molecule has 1 fully saturated rings. The Kier molecular flexibility index (Phi) is 4.59. The zero-order valence-corrected chi connectivity index (χ0v) is 11.3. The summed E-state index contributed by atoms with van der Waals surface area (Å²) >= 11 is 3.51. The third-order valence-corrected chi connectivity index (χ3v) is 4.46. The number of carbonyl (C=O) groups excluding carboxylic acids is 1. The van der Waals surface area contributed by atoms with Crippen LogP contribution in [0.25, 0.3) is 0 Å². The van der Waals surface area contributed by atoms with Crippen molar-refractivity contribution in [2.45, 2.75) is 38.8 Å². The minimum Gasteiger partial charge on any atom is -0.463 e. The van der Waals surface area contributed by atoms with Crippen molar-refractivity contribution in [3.8, 4) is 0 Å². The second-order valence-electron chi connectivity index (χ2n) is 4.41. The van der Waals surface area contributed by atoms with Gasteiger partial charge in [-0.05, 0) is 17.8 Å². The molecule has 15 heavy (non-hydrogen) atoms. The van der Waals surface area contributed by atoms with Crippen molar-refractivity contribution < 1.29 is 14.3 Å². The topological polar surface area (TPSA) is 35.5 Å². The molecule has 2 unspecified atom stereocenters. The summed E-state index contributed by atoms with van der Waals surface area (Å²) in [5.41, 5.74) is 0. The van der Waals surface area contributed by atoms with Crippen LogP contribution in [0.3, 0.4) is 0 Å². The normalized spacial score (nSPS) is 41.3. The van der Waals surface area contributed by atoms with E-state index in [4.69, 9.17) is 9.47 Å². The first-order valence-electron chi connectivity index (χ1n) is 5.36. The van der Waals surface area contributed by atoms with Crippen molar-refractivity contribution in [3.63, 3.8) is 0 Å². The predicted molar refractivity (Wildman–Crippen MR) is 61.7 cm³/mol. The molecule has 4 heteroatoms. The van der Waals surface area contributed by atoms with Crippen molar-refractivity contribution in [1.82, 2.24) is 0 Å². The van der Waals surface area contributed by atoms with Crippen molar-refractivity contribution in [3.05, 3.63) is 0 Å². The number of hydrogen-bond donors (Lipinski definition) is 0. The molecule has 0 spiro atoms. The number of rotatable bonds is 2. The average molecular weight is 279 g/mol. The van der Waals surface area contributed by atoms with Crippen LogP contribution in [-0.2, 0) is 14.3 Å². The zero-order chi connectivity index (χ0) is 11.6. The number of esters is 1. The number of halogens is 1. The Morgan fingerprint density at radius 1 is 1.27 bits per heavy atom. The lowest BCUT2D eigenvalue weighted by Crippen LogP contribution is -2.44. The summed E-state index contributed by atoms with van der Waals surface area (Å²) in [7, 11) is 0. The number of ether oxygens (including phenoxy) is 2. The minimum atomic E-state index is -0.247. The Balaban J connectivity index is 2.54. The van der Waals surface area contributed by atoms with Gasteiger partial charge in [0.1, 0.15) is 11.6 Å². The van der Waals surface area contributed by atoms with Crippen LogP contribution >= 0.6 is 15.9 Å². The van der Waals surface area contributed by atoms with Crippen LogP contribution in [0, 0.1) is 17.8 Å². The smallest absolute Gasteiger partial charge is 0.302 e. The molecule has 0 N–H and O–H groups in total. The summed E-state index contributed by atoms with van der Waals surface area (Å²) in [6.45, 7) is 8.31. The van der Waals surface area contributed by atoms with E-state index in [1.54, 1.807) is 0 Å². The minimum absolute atomic E-state index is 0.00414. The zero-order valence-electron chi connectivity index (χ0n) is 9.70. The van der Waals surface area contributed by atoms with Gasteiger partial charge in [-0.3, -0.25) is 4.79 Å². The molecule has 5 atom stereocenters. The van der Waals surface area contributed by atoms with Gasteiger partial charge in [-0.1, -0.05) is 36.7 Å². The van der Waals surface area contributed by atoms with Gasteiger partial charge in [0.05, 0.1) is 6.10 Å². The fourth-order valence-electron chi connectivity index (χ4n) is 1.86. The molecule has 0 saturated carbocycles. The van der Waals surface area contributed by atoms with E-state index in [9.17, 15) is 4.79 Å². The molecule has 0 aliphatic carbocycles. The molecule has 1 aliphatic heterocycles. The molecular formula is C11H19BrO3. The Morgan fingerprint density at radius 3 is 2.40 bits per heavy atom. The van der Waals surface area contributed by atoms with Gasteiger partial charge in [0, 0.05) is 6.92 Å². The Hall–Kier alpha value is -0.0900. The molecule has 1 aliphatic rings.